The molecule has 0 fully saturated rings. The maximum Gasteiger partial charge on any atom is 0.222 e. The molecule has 1 aromatic rings. The standard InChI is InChI=1S/C16H24N2O2/c1-2-10-20-11-8-15(19)18-12-14-6-3-5-13-7-4-9-17-16(13)14/h3,5-6,17H,2,4,7-12H2,1H3,(H,18,19). The van der Waals surface area contributed by atoms with E-state index < -0.39 is 0 Å². The van der Waals surface area contributed by atoms with Gasteiger partial charge in [-0.3, -0.25) is 4.79 Å². The van der Waals surface area contributed by atoms with Crippen LogP contribution < -0.4 is 10.6 Å². The van der Waals surface area contributed by atoms with E-state index in [1.807, 2.05) is 0 Å². The van der Waals surface area contributed by atoms with Crippen LogP contribution >= 0.6 is 0 Å². The average molecular weight is 276 g/mol. The number of aryl methyl sites for hydroxylation is 1. The second kappa shape index (κ2) is 7.90. The quantitative estimate of drug-likeness (QED) is 0.752. The van der Waals surface area contributed by atoms with Gasteiger partial charge in [0.15, 0.2) is 0 Å². The van der Waals surface area contributed by atoms with Crippen LogP contribution in [0, 0.1) is 0 Å². The van der Waals surface area contributed by atoms with E-state index in [0.717, 1.165) is 26.0 Å². The van der Waals surface area contributed by atoms with Gasteiger partial charge in [0.2, 0.25) is 5.91 Å². The highest BCUT2D eigenvalue weighted by atomic mass is 16.5. The number of carbonyl (C=O) groups excluding carboxylic acids is 1. The molecule has 0 saturated heterocycles. The molecule has 0 spiro atoms. The Balaban J connectivity index is 1.80. The maximum atomic E-state index is 11.7. The second-order valence-electron chi connectivity index (χ2n) is 5.12. The number of ether oxygens (including phenoxy) is 1. The molecule has 2 N–H and O–H groups in total. The molecule has 0 aliphatic carbocycles. The van der Waals surface area contributed by atoms with Gasteiger partial charge in [-0.25, -0.2) is 0 Å². The number of anilines is 1. The first-order valence-electron chi connectivity index (χ1n) is 7.50. The van der Waals surface area contributed by atoms with Crippen LogP contribution in [0.2, 0.25) is 0 Å². The lowest BCUT2D eigenvalue weighted by atomic mass is 9.99. The Labute approximate surface area is 120 Å². The molecule has 1 aliphatic heterocycles. The molecule has 0 unspecified atom stereocenters. The molecule has 1 aromatic carbocycles. The van der Waals surface area contributed by atoms with Gasteiger partial charge in [0.05, 0.1) is 6.61 Å². The number of rotatable bonds is 7. The normalized spacial score (nSPS) is 13.4. The van der Waals surface area contributed by atoms with Crippen molar-refractivity contribution >= 4 is 11.6 Å². The fourth-order valence-corrected chi connectivity index (χ4v) is 2.42. The first-order valence-corrected chi connectivity index (χ1v) is 7.50. The topological polar surface area (TPSA) is 50.4 Å². The summed E-state index contributed by atoms with van der Waals surface area (Å²) in [6, 6.07) is 6.30. The zero-order valence-electron chi connectivity index (χ0n) is 12.2. The molecule has 20 heavy (non-hydrogen) atoms. The first-order chi connectivity index (χ1) is 9.81. The molecule has 1 aliphatic rings. The third kappa shape index (κ3) is 4.23. The lowest BCUT2D eigenvalue weighted by molar-refractivity contribution is -0.122. The van der Waals surface area contributed by atoms with E-state index >= 15 is 0 Å². The van der Waals surface area contributed by atoms with Crippen molar-refractivity contribution in [1.29, 1.82) is 0 Å². The van der Waals surface area contributed by atoms with Crippen molar-refractivity contribution in [2.75, 3.05) is 25.1 Å². The average Bonchev–Trinajstić information content (AvgIpc) is 2.49. The number of hydrogen-bond acceptors (Lipinski definition) is 3. The lowest BCUT2D eigenvalue weighted by Gasteiger charge is -2.21. The second-order valence-corrected chi connectivity index (χ2v) is 5.12. The molecular weight excluding hydrogens is 252 g/mol. The van der Waals surface area contributed by atoms with Crippen LogP contribution in [0.5, 0.6) is 0 Å². The van der Waals surface area contributed by atoms with Crippen molar-refractivity contribution in [3.63, 3.8) is 0 Å². The van der Waals surface area contributed by atoms with Crippen molar-refractivity contribution in [3.8, 4) is 0 Å². The summed E-state index contributed by atoms with van der Waals surface area (Å²) in [5.41, 5.74) is 3.74. The smallest absolute Gasteiger partial charge is 0.222 e. The highest BCUT2D eigenvalue weighted by Gasteiger charge is 2.12. The van der Waals surface area contributed by atoms with Crippen molar-refractivity contribution in [3.05, 3.63) is 29.3 Å². The number of amides is 1. The number of fused-ring (bicyclic) bond motifs is 1. The summed E-state index contributed by atoms with van der Waals surface area (Å²) >= 11 is 0. The van der Waals surface area contributed by atoms with Crippen LogP contribution in [-0.2, 0) is 22.5 Å². The van der Waals surface area contributed by atoms with Gasteiger partial charge in [-0.2, -0.15) is 0 Å². The third-order valence-corrected chi connectivity index (χ3v) is 3.46. The summed E-state index contributed by atoms with van der Waals surface area (Å²) in [7, 11) is 0. The fraction of sp³-hybridized carbons (Fsp3) is 0.562. The highest BCUT2D eigenvalue weighted by molar-refractivity contribution is 5.76. The first kappa shape index (κ1) is 14.9. The minimum Gasteiger partial charge on any atom is -0.385 e. The van der Waals surface area contributed by atoms with Gasteiger partial charge in [0.1, 0.15) is 0 Å². The largest absolute Gasteiger partial charge is 0.385 e. The molecule has 0 radical (unpaired) electrons. The molecule has 1 heterocycles. The highest BCUT2D eigenvalue weighted by Crippen LogP contribution is 2.25. The number of carbonyl (C=O) groups is 1. The molecule has 0 bridgehead atoms. The van der Waals surface area contributed by atoms with Gasteiger partial charge in [-0.05, 0) is 30.4 Å². The fourth-order valence-electron chi connectivity index (χ4n) is 2.42. The minimum atomic E-state index is 0.0505. The molecule has 4 heteroatoms. The summed E-state index contributed by atoms with van der Waals surface area (Å²) in [5, 5.41) is 6.41. The van der Waals surface area contributed by atoms with Crippen LogP contribution in [0.25, 0.3) is 0 Å². The van der Waals surface area contributed by atoms with Gasteiger partial charge in [-0.1, -0.05) is 25.1 Å². The Kier molecular flexibility index (Phi) is 5.87. The molecule has 110 valence electrons. The summed E-state index contributed by atoms with van der Waals surface area (Å²) in [4.78, 5) is 11.7. The molecule has 2 rings (SSSR count). The molecule has 1 amide bonds. The Morgan fingerprint density at radius 3 is 3.15 bits per heavy atom. The number of hydrogen-bond donors (Lipinski definition) is 2. The molecule has 0 saturated carbocycles. The van der Waals surface area contributed by atoms with Crippen molar-refractivity contribution in [2.24, 2.45) is 0 Å². The molecule has 0 aromatic heterocycles. The monoisotopic (exact) mass is 276 g/mol. The maximum absolute atomic E-state index is 11.7. The van der Waals surface area contributed by atoms with Crippen LogP contribution in [0.4, 0.5) is 5.69 Å². The van der Waals surface area contributed by atoms with Crippen LogP contribution in [0.1, 0.15) is 37.3 Å². The lowest BCUT2D eigenvalue weighted by Crippen LogP contribution is -2.25. The van der Waals surface area contributed by atoms with Gasteiger partial charge in [-0.15, -0.1) is 0 Å². The van der Waals surface area contributed by atoms with Crippen molar-refractivity contribution < 1.29 is 9.53 Å². The predicted molar refractivity (Wildman–Crippen MR) is 80.8 cm³/mol. The summed E-state index contributed by atoms with van der Waals surface area (Å²) < 4.78 is 5.32. The van der Waals surface area contributed by atoms with Gasteiger partial charge < -0.3 is 15.4 Å². The van der Waals surface area contributed by atoms with Gasteiger partial charge in [0.25, 0.3) is 0 Å². The number of nitrogens with one attached hydrogen (secondary N) is 2. The van der Waals surface area contributed by atoms with Crippen molar-refractivity contribution in [1.82, 2.24) is 5.32 Å². The number of para-hydroxylation sites is 1. The van der Waals surface area contributed by atoms with Crippen LogP contribution in [0.3, 0.4) is 0 Å². The Bertz CT molecular complexity index is 446. The van der Waals surface area contributed by atoms with Gasteiger partial charge in [0, 0.05) is 31.8 Å². The van der Waals surface area contributed by atoms with Crippen LogP contribution in [-0.4, -0.2) is 25.7 Å². The van der Waals surface area contributed by atoms with Crippen molar-refractivity contribution in [2.45, 2.75) is 39.2 Å². The zero-order valence-corrected chi connectivity index (χ0v) is 12.2. The van der Waals surface area contributed by atoms with E-state index in [0.29, 0.717) is 19.6 Å². The SMILES string of the molecule is CCCOCCC(=O)NCc1cccc2c1NCCC2. The molecule has 0 atom stereocenters. The van der Waals surface area contributed by atoms with E-state index in [1.165, 1.54) is 23.2 Å². The van der Waals surface area contributed by atoms with E-state index in [1.54, 1.807) is 0 Å². The third-order valence-electron chi connectivity index (χ3n) is 3.46. The van der Waals surface area contributed by atoms with Gasteiger partial charge >= 0.3 is 0 Å². The summed E-state index contributed by atoms with van der Waals surface area (Å²) in [6.45, 7) is 4.89. The van der Waals surface area contributed by atoms with E-state index in [2.05, 4.69) is 35.8 Å². The Morgan fingerprint density at radius 1 is 1.40 bits per heavy atom. The van der Waals surface area contributed by atoms with E-state index in [4.69, 9.17) is 4.74 Å². The molecule has 4 nitrogen and oxygen atoms in total. The van der Waals surface area contributed by atoms with E-state index in [-0.39, 0.29) is 5.91 Å². The minimum absolute atomic E-state index is 0.0505. The number of benzene rings is 1. The summed E-state index contributed by atoms with van der Waals surface area (Å²) in [6.07, 6.45) is 3.72. The summed E-state index contributed by atoms with van der Waals surface area (Å²) in [5.74, 6) is 0.0505. The Morgan fingerprint density at radius 2 is 2.30 bits per heavy atom. The van der Waals surface area contributed by atoms with E-state index in [9.17, 15) is 4.79 Å². The van der Waals surface area contributed by atoms with Crippen LogP contribution in [0.15, 0.2) is 18.2 Å². The molecular formula is C16H24N2O2. The Hall–Kier alpha value is -1.55. The predicted octanol–water partition coefficient (Wildman–Crippen LogP) is 2.48. The zero-order chi connectivity index (χ0) is 14.2.